The second-order valence-electron chi connectivity index (χ2n) is 5.34. The van der Waals surface area contributed by atoms with Crippen LogP contribution in [0.3, 0.4) is 0 Å². The van der Waals surface area contributed by atoms with Gasteiger partial charge in [0.05, 0.1) is 10.0 Å². The van der Waals surface area contributed by atoms with Gasteiger partial charge < -0.3 is 10.2 Å². The largest absolute Gasteiger partial charge is 0.329 e. The molecule has 0 spiro atoms. The van der Waals surface area contributed by atoms with Gasteiger partial charge in [-0.2, -0.15) is 4.98 Å². The molecule has 0 amide bonds. The summed E-state index contributed by atoms with van der Waals surface area (Å²) >= 11 is 12.0. The van der Waals surface area contributed by atoms with Crippen molar-refractivity contribution in [1.82, 2.24) is 9.97 Å². The predicted molar refractivity (Wildman–Crippen MR) is 101 cm³/mol. The second kappa shape index (κ2) is 7.07. The van der Waals surface area contributed by atoms with E-state index in [-0.39, 0.29) is 0 Å². The Labute approximate surface area is 151 Å². The van der Waals surface area contributed by atoms with Crippen LogP contribution in [-0.2, 0) is 0 Å². The van der Waals surface area contributed by atoms with Gasteiger partial charge in [-0.25, -0.2) is 4.98 Å². The van der Waals surface area contributed by atoms with Gasteiger partial charge in [-0.1, -0.05) is 41.4 Å². The lowest BCUT2D eigenvalue weighted by atomic mass is 10.3. The molecule has 0 bridgehead atoms. The normalized spacial score (nSPS) is 10.5. The molecule has 0 unspecified atom stereocenters. The van der Waals surface area contributed by atoms with Crippen molar-refractivity contribution in [2.45, 2.75) is 6.92 Å². The van der Waals surface area contributed by atoms with Gasteiger partial charge in [0, 0.05) is 30.2 Å². The van der Waals surface area contributed by atoms with Crippen molar-refractivity contribution in [2.24, 2.45) is 0 Å². The average Bonchev–Trinajstić information content (AvgIpc) is 2.58. The summed E-state index contributed by atoms with van der Waals surface area (Å²) in [6.07, 6.45) is 0. The van der Waals surface area contributed by atoms with Crippen molar-refractivity contribution < 1.29 is 0 Å². The molecule has 3 aromatic rings. The standard InChI is InChI=1S/C18H16Cl2N4/c1-12-10-17(24(2)14-6-4-3-5-7-14)23-18(21-12)22-13-8-9-15(19)16(20)11-13/h3-11H,1-2H3,(H,21,22,23). The van der Waals surface area contributed by atoms with Crippen LogP contribution >= 0.6 is 23.2 Å². The fraction of sp³-hybridized carbons (Fsp3) is 0.111. The molecule has 0 aliphatic heterocycles. The van der Waals surface area contributed by atoms with Gasteiger partial charge in [0.2, 0.25) is 5.95 Å². The van der Waals surface area contributed by atoms with Crippen LogP contribution in [0.15, 0.2) is 54.6 Å². The molecule has 4 nitrogen and oxygen atoms in total. The molecule has 0 fully saturated rings. The lowest BCUT2D eigenvalue weighted by Crippen LogP contribution is -2.13. The fourth-order valence-electron chi connectivity index (χ4n) is 2.27. The summed E-state index contributed by atoms with van der Waals surface area (Å²) in [6.45, 7) is 1.93. The van der Waals surface area contributed by atoms with Crippen LogP contribution in [0, 0.1) is 6.92 Å². The number of nitrogens with one attached hydrogen (secondary N) is 1. The monoisotopic (exact) mass is 358 g/mol. The predicted octanol–water partition coefficient (Wildman–Crippen LogP) is 5.60. The Morgan fingerprint density at radius 3 is 2.38 bits per heavy atom. The highest BCUT2D eigenvalue weighted by Crippen LogP contribution is 2.27. The van der Waals surface area contributed by atoms with E-state index in [1.165, 1.54) is 0 Å². The number of rotatable bonds is 4. The third-order valence-electron chi connectivity index (χ3n) is 3.50. The summed E-state index contributed by atoms with van der Waals surface area (Å²) < 4.78 is 0. The van der Waals surface area contributed by atoms with E-state index in [1.54, 1.807) is 12.1 Å². The minimum atomic E-state index is 0.482. The summed E-state index contributed by atoms with van der Waals surface area (Å²) in [6, 6.07) is 17.3. The van der Waals surface area contributed by atoms with Crippen molar-refractivity contribution in [3.8, 4) is 0 Å². The number of anilines is 4. The molecule has 6 heteroatoms. The number of hydrogen-bond acceptors (Lipinski definition) is 4. The van der Waals surface area contributed by atoms with Gasteiger partial charge in [0.15, 0.2) is 0 Å². The van der Waals surface area contributed by atoms with Crippen molar-refractivity contribution in [2.75, 3.05) is 17.3 Å². The number of para-hydroxylation sites is 1. The number of hydrogen-bond donors (Lipinski definition) is 1. The molecule has 0 saturated heterocycles. The number of aryl methyl sites for hydroxylation is 1. The minimum absolute atomic E-state index is 0.482. The van der Waals surface area contributed by atoms with E-state index in [2.05, 4.69) is 15.3 Å². The van der Waals surface area contributed by atoms with Crippen molar-refractivity contribution in [3.05, 3.63) is 70.3 Å². The van der Waals surface area contributed by atoms with E-state index in [1.807, 2.05) is 61.3 Å². The fourth-order valence-corrected chi connectivity index (χ4v) is 2.56. The van der Waals surface area contributed by atoms with E-state index in [9.17, 15) is 0 Å². The quantitative estimate of drug-likeness (QED) is 0.658. The molecule has 1 aromatic heterocycles. The summed E-state index contributed by atoms with van der Waals surface area (Å²) in [5.74, 6) is 1.31. The van der Waals surface area contributed by atoms with Crippen LogP contribution in [0.1, 0.15) is 5.69 Å². The molecule has 1 N–H and O–H groups in total. The minimum Gasteiger partial charge on any atom is -0.329 e. The van der Waals surface area contributed by atoms with Crippen LogP contribution in [0.4, 0.5) is 23.1 Å². The number of aromatic nitrogens is 2. The Bertz CT molecular complexity index is 853. The molecular formula is C18H16Cl2N4. The SMILES string of the molecule is Cc1cc(N(C)c2ccccc2)nc(Nc2ccc(Cl)c(Cl)c2)n1. The molecule has 0 aliphatic carbocycles. The maximum absolute atomic E-state index is 6.05. The highest BCUT2D eigenvalue weighted by atomic mass is 35.5. The molecule has 3 rings (SSSR count). The first-order chi connectivity index (χ1) is 11.5. The second-order valence-corrected chi connectivity index (χ2v) is 6.15. The molecule has 0 saturated carbocycles. The summed E-state index contributed by atoms with van der Waals surface area (Å²) in [5.41, 5.74) is 2.70. The zero-order chi connectivity index (χ0) is 17.1. The maximum Gasteiger partial charge on any atom is 0.229 e. The van der Waals surface area contributed by atoms with E-state index >= 15 is 0 Å². The van der Waals surface area contributed by atoms with E-state index in [0.717, 1.165) is 22.9 Å². The maximum atomic E-state index is 6.05. The molecule has 0 aliphatic rings. The molecule has 2 aromatic carbocycles. The first kappa shape index (κ1) is 16.6. The number of benzene rings is 2. The zero-order valence-corrected chi connectivity index (χ0v) is 14.8. The van der Waals surface area contributed by atoms with Crippen LogP contribution in [0.2, 0.25) is 10.0 Å². The lowest BCUT2D eigenvalue weighted by Gasteiger charge is -2.19. The third kappa shape index (κ3) is 3.78. The molecule has 0 atom stereocenters. The van der Waals surface area contributed by atoms with Gasteiger partial charge in [0.25, 0.3) is 0 Å². The highest BCUT2D eigenvalue weighted by Gasteiger charge is 2.09. The zero-order valence-electron chi connectivity index (χ0n) is 13.3. The lowest BCUT2D eigenvalue weighted by molar-refractivity contribution is 1.05. The van der Waals surface area contributed by atoms with Crippen molar-refractivity contribution >= 4 is 46.3 Å². The third-order valence-corrected chi connectivity index (χ3v) is 4.24. The highest BCUT2D eigenvalue weighted by molar-refractivity contribution is 6.42. The first-order valence-electron chi connectivity index (χ1n) is 7.39. The average molecular weight is 359 g/mol. The first-order valence-corrected chi connectivity index (χ1v) is 8.15. The Morgan fingerprint density at radius 2 is 1.67 bits per heavy atom. The van der Waals surface area contributed by atoms with Crippen LogP contribution in [-0.4, -0.2) is 17.0 Å². The molecule has 1 heterocycles. The Hall–Kier alpha value is -2.30. The van der Waals surface area contributed by atoms with Gasteiger partial charge >= 0.3 is 0 Å². The van der Waals surface area contributed by atoms with Crippen LogP contribution in [0.25, 0.3) is 0 Å². The molecular weight excluding hydrogens is 343 g/mol. The summed E-state index contributed by atoms with van der Waals surface area (Å²) in [4.78, 5) is 11.0. The molecule has 24 heavy (non-hydrogen) atoms. The van der Waals surface area contributed by atoms with Gasteiger partial charge in [-0.3, -0.25) is 0 Å². The molecule has 0 radical (unpaired) electrons. The van der Waals surface area contributed by atoms with Gasteiger partial charge in [-0.15, -0.1) is 0 Å². The Kier molecular flexibility index (Phi) is 4.88. The van der Waals surface area contributed by atoms with E-state index in [0.29, 0.717) is 16.0 Å². The number of nitrogens with zero attached hydrogens (tertiary/aromatic N) is 3. The number of halogens is 2. The van der Waals surface area contributed by atoms with E-state index < -0.39 is 0 Å². The Morgan fingerprint density at radius 1 is 0.917 bits per heavy atom. The van der Waals surface area contributed by atoms with Crippen molar-refractivity contribution in [1.29, 1.82) is 0 Å². The van der Waals surface area contributed by atoms with Gasteiger partial charge in [0.1, 0.15) is 5.82 Å². The van der Waals surface area contributed by atoms with E-state index in [4.69, 9.17) is 23.2 Å². The topological polar surface area (TPSA) is 41.1 Å². The van der Waals surface area contributed by atoms with Crippen LogP contribution in [0.5, 0.6) is 0 Å². The molecule has 122 valence electrons. The van der Waals surface area contributed by atoms with Crippen LogP contribution < -0.4 is 10.2 Å². The smallest absolute Gasteiger partial charge is 0.229 e. The summed E-state index contributed by atoms with van der Waals surface area (Å²) in [7, 11) is 1.97. The Balaban J connectivity index is 1.90. The summed E-state index contributed by atoms with van der Waals surface area (Å²) in [5, 5.41) is 4.16. The van der Waals surface area contributed by atoms with Gasteiger partial charge in [-0.05, 0) is 37.3 Å². The van der Waals surface area contributed by atoms with Crippen molar-refractivity contribution in [3.63, 3.8) is 0 Å².